The highest BCUT2D eigenvalue weighted by molar-refractivity contribution is 6.00. The summed E-state index contributed by atoms with van der Waals surface area (Å²) < 4.78 is 14.5. The molecule has 3 heterocycles. The van der Waals surface area contributed by atoms with Crippen LogP contribution < -0.4 is 5.32 Å². The summed E-state index contributed by atoms with van der Waals surface area (Å²) in [4.78, 5) is 19.8. The minimum Gasteiger partial charge on any atom is -0.493 e. The van der Waals surface area contributed by atoms with E-state index in [1.54, 1.807) is 12.1 Å². The average Bonchev–Trinajstić information content (AvgIpc) is 3.18. The van der Waals surface area contributed by atoms with Gasteiger partial charge in [-0.3, -0.25) is 4.79 Å². The average molecular weight is 426 g/mol. The van der Waals surface area contributed by atoms with Crippen LogP contribution in [0.25, 0.3) is 16.9 Å². The highest BCUT2D eigenvalue weighted by Gasteiger charge is 2.22. The van der Waals surface area contributed by atoms with Gasteiger partial charge in [0, 0.05) is 24.7 Å². The first-order valence-electron chi connectivity index (χ1n) is 10.7. The van der Waals surface area contributed by atoms with Crippen molar-refractivity contribution in [1.29, 1.82) is 0 Å². The molecule has 1 saturated heterocycles. The van der Waals surface area contributed by atoms with Gasteiger partial charge >= 0.3 is 0 Å². The Labute approximate surface area is 180 Å². The molecule has 0 atom stereocenters. The van der Waals surface area contributed by atoms with Crippen molar-refractivity contribution in [1.82, 2.24) is 24.8 Å². The zero-order valence-electron chi connectivity index (χ0n) is 17.9. The Hall–Kier alpha value is -3.00. The molecule has 0 aliphatic carbocycles. The second-order valence-electron chi connectivity index (χ2n) is 8.65. The molecule has 2 N–H and O–H groups in total. The third-order valence-electron chi connectivity index (χ3n) is 5.72. The van der Waals surface area contributed by atoms with E-state index in [2.05, 4.69) is 34.1 Å². The lowest BCUT2D eigenvalue weighted by Gasteiger charge is -2.33. The number of benzene rings is 1. The summed E-state index contributed by atoms with van der Waals surface area (Å²) in [6.07, 6.45) is 3.54. The van der Waals surface area contributed by atoms with Gasteiger partial charge in [0.1, 0.15) is 11.4 Å². The Morgan fingerprint density at radius 2 is 1.97 bits per heavy atom. The zero-order chi connectivity index (χ0) is 22.0. The number of rotatable bonds is 6. The fraction of sp³-hybridized carbons (Fsp3) is 0.435. The lowest BCUT2D eigenvalue weighted by atomic mass is 9.96. The lowest BCUT2D eigenvalue weighted by molar-refractivity contribution is 0.0936. The Bertz CT molecular complexity index is 1060. The summed E-state index contributed by atoms with van der Waals surface area (Å²) >= 11 is 0. The predicted molar refractivity (Wildman–Crippen MR) is 116 cm³/mol. The van der Waals surface area contributed by atoms with Crippen LogP contribution >= 0.6 is 0 Å². The summed E-state index contributed by atoms with van der Waals surface area (Å²) in [5.41, 5.74) is 1.65. The molecular formula is C23H28FN5O2. The molecule has 1 aliphatic rings. The Morgan fingerprint density at radius 3 is 2.65 bits per heavy atom. The Morgan fingerprint density at radius 1 is 1.26 bits per heavy atom. The molecule has 4 rings (SSSR count). The molecule has 164 valence electrons. The van der Waals surface area contributed by atoms with E-state index in [9.17, 15) is 14.3 Å². The number of amides is 1. The lowest BCUT2D eigenvalue weighted by Crippen LogP contribution is -2.40. The molecule has 31 heavy (non-hydrogen) atoms. The first-order chi connectivity index (χ1) is 14.9. The van der Waals surface area contributed by atoms with Crippen LogP contribution in [-0.4, -0.2) is 56.7 Å². The van der Waals surface area contributed by atoms with Gasteiger partial charge in [-0.1, -0.05) is 13.8 Å². The van der Waals surface area contributed by atoms with Gasteiger partial charge in [-0.2, -0.15) is 9.61 Å². The number of nitrogens with zero attached hydrogens (tertiary/aromatic N) is 4. The Kier molecular flexibility index (Phi) is 6.18. The summed E-state index contributed by atoms with van der Waals surface area (Å²) in [6, 6.07) is 7.26. The maximum atomic E-state index is 13.2. The largest absolute Gasteiger partial charge is 0.493 e. The standard InChI is InChI=1S/C23H28FN5O2/c1-15(2)14-28-9-7-16(8-10-28)12-25-23(31)19-13-26-29-21(30)11-20(27-22(19)29)17-3-5-18(24)6-4-17/h3-6,11,13,15-16,30H,7-10,12,14H2,1-2H3,(H,25,31). The molecule has 0 spiro atoms. The Balaban J connectivity index is 1.45. The van der Waals surface area contributed by atoms with E-state index in [1.807, 2.05) is 0 Å². The molecule has 3 aromatic rings. The van der Waals surface area contributed by atoms with Crippen molar-refractivity contribution < 1.29 is 14.3 Å². The van der Waals surface area contributed by atoms with Gasteiger partial charge in [0.05, 0.1) is 11.9 Å². The third kappa shape index (κ3) is 4.85. The second kappa shape index (κ2) is 9.01. The predicted octanol–water partition coefficient (Wildman–Crippen LogP) is 3.34. The summed E-state index contributed by atoms with van der Waals surface area (Å²) in [5, 5.41) is 17.4. The topological polar surface area (TPSA) is 82.8 Å². The zero-order valence-corrected chi connectivity index (χ0v) is 17.9. The summed E-state index contributed by atoms with van der Waals surface area (Å²) in [5.74, 6) is 0.359. The number of hydrogen-bond donors (Lipinski definition) is 2. The first-order valence-corrected chi connectivity index (χ1v) is 10.7. The number of carbonyl (C=O) groups is 1. The van der Waals surface area contributed by atoms with Gasteiger partial charge in [-0.05, 0) is 62.0 Å². The molecule has 0 saturated carbocycles. The van der Waals surface area contributed by atoms with Gasteiger partial charge in [0.25, 0.3) is 5.91 Å². The number of hydrogen-bond acceptors (Lipinski definition) is 5. The molecule has 0 bridgehead atoms. The number of halogens is 1. The fourth-order valence-corrected chi connectivity index (χ4v) is 4.10. The summed E-state index contributed by atoms with van der Waals surface area (Å²) in [7, 11) is 0. The van der Waals surface area contributed by atoms with Crippen LogP contribution in [0.3, 0.4) is 0 Å². The minimum absolute atomic E-state index is 0.138. The number of aromatic hydroxyl groups is 1. The number of likely N-dealkylation sites (tertiary alicyclic amines) is 1. The monoisotopic (exact) mass is 425 g/mol. The molecule has 1 aliphatic heterocycles. The number of carbonyl (C=O) groups excluding carboxylic acids is 1. The highest BCUT2D eigenvalue weighted by Crippen LogP contribution is 2.25. The maximum Gasteiger partial charge on any atom is 0.256 e. The number of nitrogens with one attached hydrogen (secondary N) is 1. The quantitative estimate of drug-likeness (QED) is 0.633. The molecule has 0 radical (unpaired) electrons. The van der Waals surface area contributed by atoms with E-state index in [1.165, 1.54) is 28.9 Å². The molecular weight excluding hydrogens is 397 g/mol. The van der Waals surface area contributed by atoms with Gasteiger partial charge in [-0.25, -0.2) is 9.37 Å². The van der Waals surface area contributed by atoms with Crippen molar-refractivity contribution in [2.45, 2.75) is 26.7 Å². The van der Waals surface area contributed by atoms with Crippen molar-refractivity contribution in [3.05, 3.63) is 47.9 Å². The van der Waals surface area contributed by atoms with Gasteiger partial charge in [0.2, 0.25) is 5.88 Å². The van der Waals surface area contributed by atoms with Crippen LogP contribution in [-0.2, 0) is 0 Å². The normalized spacial score (nSPS) is 15.6. The molecule has 1 aromatic carbocycles. The first kappa shape index (κ1) is 21.2. The van der Waals surface area contributed by atoms with Crippen LogP contribution in [0.4, 0.5) is 4.39 Å². The molecule has 0 unspecified atom stereocenters. The number of piperidine rings is 1. The number of fused-ring (bicyclic) bond motifs is 1. The second-order valence-corrected chi connectivity index (χ2v) is 8.65. The fourth-order valence-electron chi connectivity index (χ4n) is 4.10. The van der Waals surface area contributed by atoms with Crippen molar-refractivity contribution in [2.75, 3.05) is 26.2 Å². The van der Waals surface area contributed by atoms with E-state index in [4.69, 9.17) is 0 Å². The van der Waals surface area contributed by atoms with Crippen LogP contribution in [0.1, 0.15) is 37.0 Å². The van der Waals surface area contributed by atoms with Crippen LogP contribution in [0.2, 0.25) is 0 Å². The molecule has 8 heteroatoms. The SMILES string of the molecule is CC(C)CN1CCC(CNC(=O)c2cnn3c(O)cc(-c4ccc(F)cc4)nc23)CC1. The van der Waals surface area contributed by atoms with Gasteiger partial charge in [-0.15, -0.1) is 0 Å². The maximum absolute atomic E-state index is 13.2. The van der Waals surface area contributed by atoms with Gasteiger partial charge in [0.15, 0.2) is 5.65 Å². The van der Waals surface area contributed by atoms with Crippen molar-refractivity contribution in [3.63, 3.8) is 0 Å². The summed E-state index contributed by atoms with van der Waals surface area (Å²) in [6.45, 7) is 8.31. The number of aromatic nitrogens is 3. The minimum atomic E-state index is -0.353. The molecule has 2 aromatic heterocycles. The van der Waals surface area contributed by atoms with Crippen molar-refractivity contribution >= 4 is 11.6 Å². The molecule has 7 nitrogen and oxygen atoms in total. The highest BCUT2D eigenvalue weighted by atomic mass is 19.1. The van der Waals surface area contributed by atoms with E-state index in [0.29, 0.717) is 35.2 Å². The molecule has 1 fully saturated rings. The van der Waals surface area contributed by atoms with Gasteiger partial charge < -0.3 is 15.3 Å². The smallest absolute Gasteiger partial charge is 0.256 e. The van der Waals surface area contributed by atoms with E-state index < -0.39 is 0 Å². The molecule has 1 amide bonds. The third-order valence-corrected chi connectivity index (χ3v) is 5.72. The van der Waals surface area contributed by atoms with E-state index in [0.717, 1.165) is 32.5 Å². The van der Waals surface area contributed by atoms with E-state index in [-0.39, 0.29) is 23.3 Å². The van der Waals surface area contributed by atoms with Crippen molar-refractivity contribution in [2.24, 2.45) is 11.8 Å². The van der Waals surface area contributed by atoms with Crippen LogP contribution in [0.5, 0.6) is 5.88 Å². The van der Waals surface area contributed by atoms with E-state index >= 15 is 0 Å². The van der Waals surface area contributed by atoms with Crippen molar-refractivity contribution in [3.8, 4) is 17.1 Å². The van der Waals surface area contributed by atoms with Crippen LogP contribution in [0.15, 0.2) is 36.5 Å². The van der Waals surface area contributed by atoms with Crippen LogP contribution in [0, 0.1) is 17.7 Å².